The molecule has 0 fully saturated rings. The first kappa shape index (κ1) is 17.5. The number of hydrogen-bond donors (Lipinski definition) is 2. The molecule has 0 aromatic heterocycles. The van der Waals surface area contributed by atoms with Crippen LogP contribution in [0, 0.1) is 6.92 Å². The first-order valence-electron chi connectivity index (χ1n) is 6.70. The van der Waals surface area contributed by atoms with Gasteiger partial charge in [0.15, 0.2) is 0 Å². The van der Waals surface area contributed by atoms with Gasteiger partial charge in [0.1, 0.15) is 12.4 Å². The second kappa shape index (κ2) is 7.99. The zero-order valence-electron chi connectivity index (χ0n) is 12.2. The SMILES string of the molecule is Cc1ccc(OCC(C)NS(=O)(=O)CCCC(=O)O)cc1. The average molecular weight is 315 g/mol. The van der Waals surface area contributed by atoms with Gasteiger partial charge >= 0.3 is 5.97 Å². The fourth-order valence-corrected chi connectivity index (χ4v) is 2.99. The summed E-state index contributed by atoms with van der Waals surface area (Å²) >= 11 is 0. The number of sulfonamides is 1. The van der Waals surface area contributed by atoms with Crippen LogP contribution in [0.2, 0.25) is 0 Å². The predicted molar refractivity (Wildman–Crippen MR) is 79.9 cm³/mol. The molecule has 6 nitrogen and oxygen atoms in total. The molecule has 118 valence electrons. The van der Waals surface area contributed by atoms with E-state index in [1.54, 1.807) is 6.92 Å². The molecular formula is C14H21NO5S. The number of rotatable bonds is 9. The highest BCUT2D eigenvalue weighted by Gasteiger charge is 2.15. The van der Waals surface area contributed by atoms with Crippen molar-refractivity contribution in [1.29, 1.82) is 0 Å². The molecule has 1 unspecified atom stereocenters. The Balaban J connectivity index is 2.36. The van der Waals surface area contributed by atoms with Crippen molar-refractivity contribution in [1.82, 2.24) is 4.72 Å². The summed E-state index contributed by atoms with van der Waals surface area (Å²) in [6.07, 6.45) is -0.0641. The van der Waals surface area contributed by atoms with Crippen LogP contribution in [-0.4, -0.2) is 37.9 Å². The predicted octanol–water partition coefficient (Wildman–Crippen LogP) is 1.55. The van der Waals surface area contributed by atoms with E-state index in [2.05, 4.69) is 4.72 Å². The van der Waals surface area contributed by atoms with Crippen molar-refractivity contribution in [3.05, 3.63) is 29.8 Å². The number of carboxylic acids is 1. The van der Waals surface area contributed by atoms with Crippen LogP contribution in [0.4, 0.5) is 0 Å². The molecular weight excluding hydrogens is 294 g/mol. The van der Waals surface area contributed by atoms with Crippen LogP contribution >= 0.6 is 0 Å². The minimum Gasteiger partial charge on any atom is -0.492 e. The summed E-state index contributed by atoms with van der Waals surface area (Å²) in [5, 5.41) is 8.49. The van der Waals surface area contributed by atoms with Crippen molar-refractivity contribution in [3.8, 4) is 5.75 Å². The third-order valence-electron chi connectivity index (χ3n) is 2.71. The van der Waals surface area contributed by atoms with Gasteiger partial charge in [-0.3, -0.25) is 4.79 Å². The van der Waals surface area contributed by atoms with Crippen molar-refractivity contribution in [2.24, 2.45) is 0 Å². The maximum Gasteiger partial charge on any atom is 0.303 e. The van der Waals surface area contributed by atoms with E-state index in [1.165, 1.54) is 0 Å². The van der Waals surface area contributed by atoms with E-state index < -0.39 is 16.0 Å². The van der Waals surface area contributed by atoms with Gasteiger partial charge in [0.2, 0.25) is 10.0 Å². The molecule has 0 aliphatic heterocycles. The van der Waals surface area contributed by atoms with Gasteiger partial charge in [-0.15, -0.1) is 0 Å². The number of ether oxygens (including phenoxy) is 1. The van der Waals surface area contributed by atoms with Crippen molar-refractivity contribution >= 4 is 16.0 Å². The monoisotopic (exact) mass is 315 g/mol. The lowest BCUT2D eigenvalue weighted by Gasteiger charge is -2.15. The Morgan fingerprint density at radius 1 is 1.33 bits per heavy atom. The molecule has 0 radical (unpaired) electrons. The van der Waals surface area contributed by atoms with Crippen molar-refractivity contribution in [3.63, 3.8) is 0 Å². The first-order valence-corrected chi connectivity index (χ1v) is 8.35. The maximum absolute atomic E-state index is 11.7. The maximum atomic E-state index is 11.7. The van der Waals surface area contributed by atoms with Gasteiger partial charge in [0, 0.05) is 6.42 Å². The number of nitrogens with one attached hydrogen (secondary N) is 1. The lowest BCUT2D eigenvalue weighted by molar-refractivity contribution is -0.137. The van der Waals surface area contributed by atoms with Gasteiger partial charge in [-0.05, 0) is 32.4 Å². The topological polar surface area (TPSA) is 92.7 Å². The highest BCUT2D eigenvalue weighted by atomic mass is 32.2. The fourth-order valence-electron chi connectivity index (χ4n) is 1.67. The highest BCUT2D eigenvalue weighted by molar-refractivity contribution is 7.89. The summed E-state index contributed by atoms with van der Waals surface area (Å²) in [4.78, 5) is 10.4. The number of aliphatic carboxylic acids is 1. The normalized spacial score (nSPS) is 12.9. The molecule has 1 atom stereocenters. The minimum absolute atomic E-state index is 0.0935. The Kier molecular flexibility index (Phi) is 6.64. The summed E-state index contributed by atoms with van der Waals surface area (Å²) in [6.45, 7) is 3.88. The van der Waals surface area contributed by atoms with E-state index in [1.807, 2.05) is 31.2 Å². The van der Waals surface area contributed by atoms with Crippen LogP contribution in [0.3, 0.4) is 0 Å². The summed E-state index contributed by atoms with van der Waals surface area (Å²) in [7, 11) is -3.48. The molecule has 1 aromatic rings. The Bertz CT molecular complexity index is 553. The van der Waals surface area contributed by atoms with Crippen LogP contribution in [-0.2, 0) is 14.8 Å². The Labute approximate surface area is 125 Å². The number of benzene rings is 1. The summed E-state index contributed by atoms with van der Waals surface area (Å²) in [5.74, 6) is -0.521. The Morgan fingerprint density at radius 2 is 1.95 bits per heavy atom. The van der Waals surface area contributed by atoms with E-state index in [-0.39, 0.29) is 31.2 Å². The number of carbonyl (C=O) groups is 1. The van der Waals surface area contributed by atoms with Gasteiger partial charge in [0.25, 0.3) is 0 Å². The van der Waals surface area contributed by atoms with E-state index >= 15 is 0 Å². The standard InChI is InChI=1S/C14H21NO5S/c1-11-5-7-13(8-6-11)20-10-12(2)15-21(18,19)9-3-4-14(16)17/h5-8,12,15H,3-4,9-10H2,1-2H3,(H,16,17). The molecule has 0 spiro atoms. The molecule has 0 heterocycles. The number of carboxylic acid groups (broad SMARTS) is 1. The molecule has 1 rings (SSSR count). The van der Waals surface area contributed by atoms with Gasteiger partial charge in [0.05, 0.1) is 11.8 Å². The van der Waals surface area contributed by atoms with Gasteiger partial charge < -0.3 is 9.84 Å². The third kappa shape index (κ3) is 7.67. The van der Waals surface area contributed by atoms with Crippen LogP contribution in [0.5, 0.6) is 5.75 Å². The van der Waals surface area contributed by atoms with E-state index in [0.717, 1.165) is 5.56 Å². The Morgan fingerprint density at radius 3 is 2.52 bits per heavy atom. The molecule has 2 N–H and O–H groups in total. The first-order chi connectivity index (χ1) is 9.78. The quantitative estimate of drug-likeness (QED) is 0.721. The number of hydrogen-bond acceptors (Lipinski definition) is 4. The van der Waals surface area contributed by atoms with E-state index in [4.69, 9.17) is 9.84 Å². The molecule has 0 aliphatic carbocycles. The van der Waals surface area contributed by atoms with E-state index in [9.17, 15) is 13.2 Å². The van der Waals surface area contributed by atoms with Gasteiger partial charge in [-0.2, -0.15) is 0 Å². The van der Waals surface area contributed by atoms with Gasteiger partial charge in [-0.25, -0.2) is 13.1 Å². The minimum atomic E-state index is -3.48. The largest absolute Gasteiger partial charge is 0.492 e. The lowest BCUT2D eigenvalue weighted by Crippen LogP contribution is -2.38. The fraction of sp³-hybridized carbons (Fsp3) is 0.500. The zero-order valence-corrected chi connectivity index (χ0v) is 13.0. The van der Waals surface area contributed by atoms with Crippen molar-refractivity contribution in [2.75, 3.05) is 12.4 Å². The van der Waals surface area contributed by atoms with E-state index in [0.29, 0.717) is 5.75 Å². The van der Waals surface area contributed by atoms with Gasteiger partial charge in [-0.1, -0.05) is 17.7 Å². The Hall–Kier alpha value is -1.60. The zero-order chi connectivity index (χ0) is 15.9. The molecule has 0 bridgehead atoms. The summed E-state index contributed by atoms with van der Waals surface area (Å²) in [6, 6.07) is 7.08. The smallest absolute Gasteiger partial charge is 0.303 e. The average Bonchev–Trinajstić information content (AvgIpc) is 2.36. The van der Waals surface area contributed by atoms with Crippen LogP contribution in [0.25, 0.3) is 0 Å². The van der Waals surface area contributed by atoms with Crippen molar-refractivity contribution in [2.45, 2.75) is 32.7 Å². The molecule has 0 amide bonds. The van der Waals surface area contributed by atoms with Crippen molar-refractivity contribution < 1.29 is 23.1 Å². The molecule has 0 saturated carbocycles. The van der Waals surface area contributed by atoms with Crippen LogP contribution in [0.15, 0.2) is 24.3 Å². The lowest BCUT2D eigenvalue weighted by atomic mass is 10.2. The number of aryl methyl sites for hydroxylation is 1. The van der Waals surface area contributed by atoms with Crippen LogP contribution in [0.1, 0.15) is 25.3 Å². The second-order valence-corrected chi connectivity index (χ2v) is 6.83. The molecule has 1 aromatic carbocycles. The summed E-state index contributed by atoms with van der Waals surface area (Å²) < 4.78 is 31.4. The second-order valence-electron chi connectivity index (χ2n) is 4.96. The molecule has 0 saturated heterocycles. The molecule has 21 heavy (non-hydrogen) atoms. The third-order valence-corrected chi connectivity index (χ3v) is 4.29. The summed E-state index contributed by atoms with van der Waals surface area (Å²) in [5.41, 5.74) is 1.12. The molecule has 7 heteroatoms. The molecule has 0 aliphatic rings. The van der Waals surface area contributed by atoms with Crippen LogP contribution < -0.4 is 9.46 Å². The highest BCUT2D eigenvalue weighted by Crippen LogP contribution is 2.11.